The largest absolute Gasteiger partial charge is 0.399 e. The van der Waals surface area contributed by atoms with Gasteiger partial charge >= 0.3 is 0 Å². The van der Waals surface area contributed by atoms with Gasteiger partial charge in [0.05, 0.1) is 15.6 Å². The van der Waals surface area contributed by atoms with Crippen molar-refractivity contribution in [3.05, 3.63) is 62.6 Å². The highest BCUT2D eigenvalue weighted by molar-refractivity contribution is 9.10. The lowest BCUT2D eigenvalue weighted by molar-refractivity contribution is -0.385. The van der Waals surface area contributed by atoms with E-state index in [0.717, 1.165) is 0 Å². The molecule has 0 heterocycles. The number of anilines is 1. The summed E-state index contributed by atoms with van der Waals surface area (Å²) in [6.45, 7) is 0. The lowest BCUT2D eigenvalue weighted by Gasteiger charge is -2.06. The number of nitro benzene ring substituents is 1. The van der Waals surface area contributed by atoms with E-state index in [9.17, 15) is 18.5 Å². The maximum absolute atomic E-state index is 12.3. The maximum Gasteiger partial charge on any atom is 0.274 e. The third-order valence-corrected chi connectivity index (χ3v) is 4.96. The Labute approximate surface area is 129 Å². The lowest BCUT2D eigenvalue weighted by Crippen LogP contribution is -2.07. The van der Waals surface area contributed by atoms with Gasteiger partial charge in [0, 0.05) is 21.8 Å². The fourth-order valence-corrected chi connectivity index (χ4v) is 3.60. The zero-order chi connectivity index (χ0) is 15.6. The Morgan fingerprint density at radius 3 is 2.52 bits per heavy atom. The summed E-state index contributed by atoms with van der Waals surface area (Å²) in [5.74, 6) is -0.458. The van der Waals surface area contributed by atoms with Crippen molar-refractivity contribution >= 4 is 37.1 Å². The molecule has 0 fully saturated rings. The van der Waals surface area contributed by atoms with E-state index < -0.39 is 20.5 Å². The number of nitrogens with two attached hydrogens (primary N) is 1. The number of nitro groups is 1. The summed E-state index contributed by atoms with van der Waals surface area (Å²) in [5, 5.41) is 11.0. The minimum atomic E-state index is -3.70. The minimum Gasteiger partial charge on any atom is -0.399 e. The second-order valence-electron chi connectivity index (χ2n) is 4.36. The summed E-state index contributed by atoms with van der Waals surface area (Å²) in [7, 11) is -3.70. The predicted molar refractivity (Wildman–Crippen MR) is 82.5 cm³/mol. The van der Waals surface area contributed by atoms with Crippen molar-refractivity contribution in [1.82, 2.24) is 0 Å². The first-order chi connectivity index (χ1) is 9.79. The average molecular weight is 371 g/mol. The van der Waals surface area contributed by atoms with Gasteiger partial charge in [0.15, 0.2) is 9.84 Å². The van der Waals surface area contributed by atoms with Crippen LogP contribution in [0.2, 0.25) is 0 Å². The number of halogens is 1. The van der Waals surface area contributed by atoms with Crippen LogP contribution in [0.3, 0.4) is 0 Å². The van der Waals surface area contributed by atoms with Gasteiger partial charge in [-0.25, -0.2) is 8.42 Å². The molecule has 0 bridgehead atoms. The summed E-state index contributed by atoms with van der Waals surface area (Å²) in [5.41, 5.74) is 5.78. The SMILES string of the molecule is Nc1cccc(S(=O)(=O)Cc2ccc(Br)cc2[N+](=O)[O-])c1. The van der Waals surface area contributed by atoms with Crippen molar-refractivity contribution in [2.75, 3.05) is 5.73 Å². The molecule has 2 N–H and O–H groups in total. The van der Waals surface area contributed by atoms with Gasteiger partial charge in [0.25, 0.3) is 5.69 Å². The smallest absolute Gasteiger partial charge is 0.274 e. The molecule has 2 rings (SSSR count). The molecule has 2 aromatic rings. The molecule has 0 spiro atoms. The van der Waals surface area contributed by atoms with Crippen LogP contribution < -0.4 is 5.73 Å². The molecule has 0 atom stereocenters. The van der Waals surface area contributed by atoms with Gasteiger partial charge in [-0.1, -0.05) is 28.1 Å². The molecule has 2 aromatic carbocycles. The minimum absolute atomic E-state index is 0.0414. The van der Waals surface area contributed by atoms with E-state index in [-0.39, 0.29) is 16.1 Å². The van der Waals surface area contributed by atoms with E-state index >= 15 is 0 Å². The molecule has 0 aromatic heterocycles. The Bertz CT molecular complexity index is 806. The number of nitrogen functional groups attached to an aromatic ring is 1. The number of rotatable bonds is 4. The van der Waals surface area contributed by atoms with Crippen LogP contribution in [0.4, 0.5) is 11.4 Å². The maximum atomic E-state index is 12.3. The molecule has 0 saturated carbocycles. The Morgan fingerprint density at radius 1 is 1.19 bits per heavy atom. The molecule has 6 nitrogen and oxygen atoms in total. The summed E-state index contributed by atoms with van der Waals surface area (Å²) in [6.07, 6.45) is 0. The van der Waals surface area contributed by atoms with Crippen LogP contribution in [0, 0.1) is 10.1 Å². The highest BCUT2D eigenvalue weighted by atomic mass is 79.9. The van der Waals surface area contributed by atoms with Crippen molar-refractivity contribution < 1.29 is 13.3 Å². The summed E-state index contributed by atoms with van der Waals surface area (Å²) in [4.78, 5) is 10.5. The quantitative estimate of drug-likeness (QED) is 0.506. The number of hydrogen-bond acceptors (Lipinski definition) is 5. The molecule has 0 aliphatic carbocycles. The van der Waals surface area contributed by atoms with Crippen LogP contribution >= 0.6 is 15.9 Å². The number of hydrogen-bond donors (Lipinski definition) is 1. The standard InChI is InChI=1S/C13H11BrN2O4S/c14-10-5-4-9(13(6-10)16(17)18)8-21(19,20)12-3-1-2-11(15)7-12/h1-7H,8,15H2. The molecule has 0 unspecified atom stereocenters. The van der Waals surface area contributed by atoms with E-state index in [2.05, 4.69) is 15.9 Å². The Morgan fingerprint density at radius 2 is 1.90 bits per heavy atom. The van der Waals surface area contributed by atoms with Crippen molar-refractivity contribution in [2.45, 2.75) is 10.6 Å². The van der Waals surface area contributed by atoms with Gasteiger partial charge in [0.2, 0.25) is 0 Å². The summed E-state index contributed by atoms with van der Waals surface area (Å²) in [6, 6.07) is 10.1. The highest BCUT2D eigenvalue weighted by Gasteiger charge is 2.22. The first kappa shape index (κ1) is 15.5. The summed E-state index contributed by atoms with van der Waals surface area (Å²) < 4.78 is 25.2. The number of sulfone groups is 1. The van der Waals surface area contributed by atoms with Crippen LogP contribution in [-0.4, -0.2) is 13.3 Å². The van der Waals surface area contributed by atoms with Crippen LogP contribution in [0.1, 0.15) is 5.56 Å². The van der Waals surface area contributed by atoms with Crippen LogP contribution in [0.25, 0.3) is 0 Å². The third kappa shape index (κ3) is 3.59. The van der Waals surface area contributed by atoms with Crippen molar-refractivity contribution in [2.24, 2.45) is 0 Å². The zero-order valence-corrected chi connectivity index (χ0v) is 13.1. The predicted octanol–water partition coefficient (Wildman–Crippen LogP) is 2.91. The van der Waals surface area contributed by atoms with Gasteiger partial charge < -0.3 is 5.73 Å². The van der Waals surface area contributed by atoms with E-state index in [1.165, 1.54) is 30.3 Å². The van der Waals surface area contributed by atoms with E-state index in [1.807, 2.05) is 0 Å². The van der Waals surface area contributed by atoms with Gasteiger partial charge in [-0.15, -0.1) is 0 Å². The Kier molecular flexibility index (Phi) is 4.29. The van der Waals surface area contributed by atoms with Gasteiger partial charge in [0.1, 0.15) is 0 Å². The Hall–Kier alpha value is -1.93. The monoisotopic (exact) mass is 370 g/mol. The normalized spacial score (nSPS) is 11.3. The van der Waals surface area contributed by atoms with Gasteiger partial charge in [-0.3, -0.25) is 10.1 Å². The highest BCUT2D eigenvalue weighted by Crippen LogP contribution is 2.27. The van der Waals surface area contributed by atoms with Crippen LogP contribution in [0.5, 0.6) is 0 Å². The number of nitrogens with zero attached hydrogens (tertiary/aromatic N) is 1. The topological polar surface area (TPSA) is 103 Å². The molecular formula is C13H11BrN2O4S. The van der Waals surface area contributed by atoms with E-state index in [4.69, 9.17) is 5.73 Å². The van der Waals surface area contributed by atoms with E-state index in [0.29, 0.717) is 10.2 Å². The molecule has 0 saturated heterocycles. The molecule has 0 aliphatic rings. The van der Waals surface area contributed by atoms with E-state index in [1.54, 1.807) is 12.1 Å². The molecule has 110 valence electrons. The van der Waals surface area contributed by atoms with Crippen LogP contribution in [0.15, 0.2) is 51.8 Å². The molecule has 21 heavy (non-hydrogen) atoms. The fraction of sp³-hybridized carbons (Fsp3) is 0.0769. The third-order valence-electron chi connectivity index (χ3n) is 2.81. The van der Waals surface area contributed by atoms with Crippen molar-refractivity contribution in [3.63, 3.8) is 0 Å². The van der Waals surface area contributed by atoms with Crippen molar-refractivity contribution in [3.8, 4) is 0 Å². The lowest BCUT2D eigenvalue weighted by atomic mass is 10.2. The van der Waals surface area contributed by atoms with Gasteiger partial charge in [-0.05, 0) is 24.3 Å². The number of benzene rings is 2. The second-order valence-corrected chi connectivity index (χ2v) is 7.27. The molecule has 0 aliphatic heterocycles. The zero-order valence-electron chi connectivity index (χ0n) is 10.7. The fourth-order valence-electron chi connectivity index (χ4n) is 1.83. The van der Waals surface area contributed by atoms with Crippen molar-refractivity contribution in [1.29, 1.82) is 0 Å². The van der Waals surface area contributed by atoms with Crippen LogP contribution in [-0.2, 0) is 15.6 Å². The molecule has 0 radical (unpaired) electrons. The second kappa shape index (κ2) is 5.82. The first-order valence-corrected chi connectivity index (χ1v) is 8.25. The molecule has 0 amide bonds. The summed E-state index contributed by atoms with van der Waals surface area (Å²) >= 11 is 3.13. The average Bonchev–Trinajstić information content (AvgIpc) is 2.40. The molecule has 8 heteroatoms. The first-order valence-electron chi connectivity index (χ1n) is 5.81. The molecular weight excluding hydrogens is 360 g/mol. The Balaban J connectivity index is 2.44. The van der Waals surface area contributed by atoms with Gasteiger partial charge in [-0.2, -0.15) is 0 Å².